The molecule has 0 unspecified atom stereocenters. The van der Waals surface area contributed by atoms with E-state index in [1.165, 1.54) is 6.07 Å². The Hall–Kier alpha value is -1.49. The lowest BCUT2D eigenvalue weighted by molar-refractivity contribution is -0.138. The smallest absolute Gasteiger partial charge is 0.392 e. The van der Waals surface area contributed by atoms with E-state index in [2.05, 4.69) is 6.58 Å². The number of alkyl halides is 3. The van der Waals surface area contributed by atoms with Crippen LogP contribution in [-0.4, -0.2) is 18.2 Å². The number of benzene rings is 1. The Morgan fingerprint density at radius 3 is 2.53 bits per heavy atom. The van der Waals surface area contributed by atoms with Crippen molar-refractivity contribution in [1.29, 1.82) is 0 Å². The van der Waals surface area contributed by atoms with Gasteiger partial charge in [0.1, 0.15) is 0 Å². The molecular weight excluding hydrogens is 255 g/mol. The maximum atomic E-state index is 12.9. The molecule has 0 aliphatic rings. The summed E-state index contributed by atoms with van der Waals surface area (Å²) in [6, 6.07) is 4.01. The highest BCUT2D eigenvalue weighted by Gasteiger charge is 2.33. The van der Waals surface area contributed by atoms with Crippen LogP contribution in [0.3, 0.4) is 0 Å². The summed E-state index contributed by atoms with van der Waals surface area (Å²) in [4.78, 5) is 1.82. The van der Waals surface area contributed by atoms with Gasteiger partial charge in [0.05, 0.1) is 12.2 Å². The molecule has 0 aliphatic heterocycles. The van der Waals surface area contributed by atoms with Gasteiger partial charge in [-0.05, 0) is 24.1 Å². The highest BCUT2D eigenvalue weighted by Crippen LogP contribution is 2.34. The van der Waals surface area contributed by atoms with Gasteiger partial charge in [-0.15, -0.1) is 6.58 Å². The maximum Gasteiger partial charge on any atom is 0.416 e. The van der Waals surface area contributed by atoms with Gasteiger partial charge in [-0.1, -0.05) is 19.1 Å². The molecule has 1 N–H and O–H groups in total. The molecule has 0 saturated carbocycles. The lowest BCUT2D eigenvalue weighted by atomic mass is 10.1. The highest BCUT2D eigenvalue weighted by atomic mass is 19.4. The Morgan fingerprint density at radius 1 is 1.37 bits per heavy atom. The fraction of sp³-hybridized carbons (Fsp3) is 0.429. The van der Waals surface area contributed by atoms with Crippen molar-refractivity contribution in [3.63, 3.8) is 0 Å². The number of nitrogens with zero attached hydrogens (tertiary/aromatic N) is 1. The van der Waals surface area contributed by atoms with E-state index in [0.717, 1.165) is 12.5 Å². The molecule has 1 aromatic carbocycles. The molecule has 1 rings (SSSR count). The number of halogens is 3. The molecule has 0 amide bonds. The molecule has 0 aliphatic carbocycles. The normalized spacial score (nSPS) is 11.4. The first kappa shape index (κ1) is 15.6. The van der Waals surface area contributed by atoms with Crippen LogP contribution in [0, 0.1) is 0 Å². The summed E-state index contributed by atoms with van der Waals surface area (Å²) >= 11 is 0. The first-order chi connectivity index (χ1) is 8.93. The third-order valence-corrected chi connectivity index (χ3v) is 2.78. The Morgan fingerprint density at radius 2 is 2.05 bits per heavy atom. The van der Waals surface area contributed by atoms with Gasteiger partial charge in [-0.25, -0.2) is 0 Å². The Balaban J connectivity index is 3.18. The molecule has 0 fully saturated rings. The van der Waals surface area contributed by atoms with Crippen molar-refractivity contribution in [2.45, 2.75) is 26.1 Å². The second-order valence-corrected chi connectivity index (χ2v) is 4.23. The summed E-state index contributed by atoms with van der Waals surface area (Å²) < 4.78 is 38.7. The van der Waals surface area contributed by atoms with E-state index in [9.17, 15) is 13.2 Å². The van der Waals surface area contributed by atoms with Crippen molar-refractivity contribution in [1.82, 2.24) is 0 Å². The van der Waals surface area contributed by atoms with Crippen molar-refractivity contribution in [3.05, 3.63) is 42.0 Å². The van der Waals surface area contributed by atoms with Crippen LogP contribution in [0.15, 0.2) is 30.9 Å². The van der Waals surface area contributed by atoms with Crippen LogP contribution in [0.4, 0.5) is 18.9 Å². The molecule has 0 saturated heterocycles. The van der Waals surface area contributed by atoms with Crippen LogP contribution < -0.4 is 4.90 Å². The predicted molar refractivity (Wildman–Crippen MR) is 70.1 cm³/mol. The lowest BCUT2D eigenvalue weighted by Crippen LogP contribution is -2.24. The molecule has 0 heterocycles. The van der Waals surface area contributed by atoms with Crippen molar-refractivity contribution in [2.24, 2.45) is 0 Å². The molecule has 0 spiro atoms. The zero-order chi connectivity index (χ0) is 14.5. The number of anilines is 1. The predicted octanol–water partition coefficient (Wildman–Crippen LogP) is 3.60. The van der Waals surface area contributed by atoms with E-state index in [4.69, 9.17) is 5.11 Å². The van der Waals surface area contributed by atoms with E-state index in [1.807, 2.05) is 11.8 Å². The second-order valence-electron chi connectivity index (χ2n) is 4.23. The molecule has 106 valence electrons. The Labute approximate surface area is 111 Å². The van der Waals surface area contributed by atoms with Crippen LogP contribution >= 0.6 is 0 Å². The van der Waals surface area contributed by atoms with Crippen LogP contribution in [0.1, 0.15) is 24.5 Å². The average molecular weight is 273 g/mol. The number of hydrogen-bond donors (Lipinski definition) is 1. The fourth-order valence-electron chi connectivity index (χ4n) is 1.91. The number of aliphatic hydroxyl groups is 1. The van der Waals surface area contributed by atoms with E-state index in [-0.39, 0.29) is 5.56 Å². The topological polar surface area (TPSA) is 23.5 Å². The molecule has 1 aromatic rings. The summed E-state index contributed by atoms with van der Waals surface area (Å²) in [5.41, 5.74) is -0.393. The zero-order valence-corrected chi connectivity index (χ0v) is 10.9. The van der Waals surface area contributed by atoms with Gasteiger partial charge in [-0.2, -0.15) is 13.2 Å². The van der Waals surface area contributed by atoms with Crippen LogP contribution in [0.25, 0.3) is 0 Å². The summed E-state index contributed by atoms with van der Waals surface area (Å²) in [5.74, 6) is 0. The van der Waals surface area contributed by atoms with Crippen molar-refractivity contribution < 1.29 is 18.3 Å². The second kappa shape index (κ2) is 6.61. The molecule has 0 bridgehead atoms. The van der Waals surface area contributed by atoms with E-state index in [1.54, 1.807) is 12.1 Å². The number of hydrogen-bond acceptors (Lipinski definition) is 2. The van der Waals surface area contributed by atoms with Gasteiger partial charge < -0.3 is 10.0 Å². The first-order valence-electron chi connectivity index (χ1n) is 6.10. The van der Waals surface area contributed by atoms with Gasteiger partial charge in [0, 0.05) is 18.8 Å². The molecule has 0 radical (unpaired) electrons. The zero-order valence-electron chi connectivity index (χ0n) is 10.9. The molecule has 19 heavy (non-hydrogen) atoms. The van der Waals surface area contributed by atoms with Gasteiger partial charge >= 0.3 is 6.18 Å². The summed E-state index contributed by atoms with van der Waals surface area (Å²) in [6.07, 6.45) is -1.97. The third kappa shape index (κ3) is 3.99. The van der Waals surface area contributed by atoms with E-state index >= 15 is 0 Å². The van der Waals surface area contributed by atoms with Crippen LogP contribution in [0.5, 0.6) is 0 Å². The molecule has 0 atom stereocenters. The van der Waals surface area contributed by atoms with Crippen LogP contribution in [-0.2, 0) is 12.8 Å². The Bertz CT molecular complexity index is 429. The minimum atomic E-state index is -4.46. The Kier molecular flexibility index (Phi) is 5.42. The SMILES string of the molecule is C=CCN(CCC)c1ccc(CO)c(C(F)(F)F)c1. The lowest BCUT2D eigenvalue weighted by Gasteiger charge is -2.24. The average Bonchev–Trinajstić information content (AvgIpc) is 2.37. The fourth-order valence-corrected chi connectivity index (χ4v) is 1.91. The minimum Gasteiger partial charge on any atom is -0.392 e. The quantitative estimate of drug-likeness (QED) is 0.800. The maximum absolute atomic E-state index is 12.9. The third-order valence-electron chi connectivity index (χ3n) is 2.78. The highest BCUT2D eigenvalue weighted by molar-refractivity contribution is 5.52. The standard InChI is InChI=1S/C14H18F3NO/c1-3-7-18(8-4-2)12-6-5-11(10-19)13(9-12)14(15,16)17/h3,5-6,9,19H,1,4,7-8,10H2,2H3. The largest absolute Gasteiger partial charge is 0.416 e. The first-order valence-corrected chi connectivity index (χ1v) is 6.10. The molecule has 0 aromatic heterocycles. The van der Waals surface area contributed by atoms with Crippen molar-refractivity contribution >= 4 is 5.69 Å². The number of rotatable bonds is 6. The molecule has 2 nitrogen and oxygen atoms in total. The van der Waals surface area contributed by atoms with Gasteiger partial charge in [-0.3, -0.25) is 0 Å². The monoisotopic (exact) mass is 273 g/mol. The summed E-state index contributed by atoms with van der Waals surface area (Å²) in [7, 11) is 0. The van der Waals surface area contributed by atoms with E-state index < -0.39 is 18.3 Å². The van der Waals surface area contributed by atoms with Gasteiger partial charge in [0.25, 0.3) is 0 Å². The van der Waals surface area contributed by atoms with Crippen molar-refractivity contribution in [3.8, 4) is 0 Å². The van der Waals surface area contributed by atoms with E-state index in [0.29, 0.717) is 18.8 Å². The summed E-state index contributed by atoms with van der Waals surface area (Å²) in [5, 5.41) is 8.99. The van der Waals surface area contributed by atoms with Gasteiger partial charge in [0.2, 0.25) is 0 Å². The minimum absolute atomic E-state index is 0.105. The van der Waals surface area contributed by atoms with Crippen molar-refractivity contribution in [2.75, 3.05) is 18.0 Å². The van der Waals surface area contributed by atoms with Crippen LogP contribution in [0.2, 0.25) is 0 Å². The van der Waals surface area contributed by atoms with Gasteiger partial charge in [0.15, 0.2) is 0 Å². The molecular formula is C14H18F3NO. The molecule has 5 heteroatoms. The summed E-state index contributed by atoms with van der Waals surface area (Å²) in [6.45, 7) is 6.09. The number of aliphatic hydroxyl groups excluding tert-OH is 1.